The number of ether oxygens (including phenoxy) is 2. The van der Waals surface area contributed by atoms with Gasteiger partial charge in [0.2, 0.25) is 0 Å². The summed E-state index contributed by atoms with van der Waals surface area (Å²) in [6.07, 6.45) is 2.79. The van der Waals surface area contributed by atoms with Gasteiger partial charge in [0.05, 0.1) is 4.92 Å². The van der Waals surface area contributed by atoms with E-state index in [0.29, 0.717) is 17.0 Å². The molecule has 0 N–H and O–H groups in total. The van der Waals surface area contributed by atoms with Crippen LogP contribution in [0.1, 0.15) is 0 Å². The number of hydrogen-bond acceptors (Lipinski definition) is 7. The van der Waals surface area contributed by atoms with Gasteiger partial charge >= 0.3 is 17.4 Å². The zero-order chi connectivity index (χ0) is 21.2. The number of fused-ring (bicyclic) bond motifs is 2. The molecule has 0 radical (unpaired) electrons. The van der Waals surface area contributed by atoms with Crippen LogP contribution in [0.25, 0.3) is 21.7 Å². The summed E-state index contributed by atoms with van der Waals surface area (Å²) in [5, 5.41) is 14.5. The molecule has 0 aliphatic heterocycles. The molecule has 2 heterocycles. The summed E-state index contributed by atoms with van der Waals surface area (Å²) in [4.78, 5) is 23.6. The average molecular weight is 410 g/mol. The van der Waals surface area contributed by atoms with Gasteiger partial charge in [-0.05, 0) is 23.6 Å². The van der Waals surface area contributed by atoms with Gasteiger partial charge in [0.15, 0.2) is 5.75 Å². The second kappa shape index (κ2) is 7.68. The van der Waals surface area contributed by atoms with E-state index in [1.54, 1.807) is 30.5 Å². The van der Waals surface area contributed by atoms with Crippen LogP contribution in [0.2, 0.25) is 0 Å². The minimum atomic E-state index is -0.617. The maximum Gasteiger partial charge on any atom is 0.393 e. The maximum atomic E-state index is 11.9. The molecule has 0 amide bonds. The zero-order valence-corrected chi connectivity index (χ0v) is 16.0. The van der Waals surface area contributed by atoms with Gasteiger partial charge in [-0.3, -0.25) is 15.1 Å². The van der Waals surface area contributed by atoms with E-state index >= 15 is 0 Å². The van der Waals surface area contributed by atoms with E-state index in [1.807, 2.05) is 48.5 Å². The van der Waals surface area contributed by atoms with E-state index in [9.17, 15) is 10.1 Å². The predicted octanol–water partition coefficient (Wildman–Crippen LogP) is 5.67. The third kappa shape index (κ3) is 3.46. The molecule has 5 aromatic rings. The molecule has 8 heteroatoms. The van der Waals surface area contributed by atoms with Gasteiger partial charge in [-0.2, -0.15) is 9.97 Å². The van der Waals surface area contributed by atoms with Gasteiger partial charge in [-0.1, -0.05) is 54.6 Å². The Balaban J connectivity index is 1.59. The summed E-state index contributed by atoms with van der Waals surface area (Å²) < 4.78 is 11.7. The van der Waals surface area contributed by atoms with Crippen LogP contribution in [0.15, 0.2) is 85.3 Å². The number of pyridine rings is 1. The van der Waals surface area contributed by atoms with E-state index in [0.717, 1.165) is 16.2 Å². The lowest BCUT2D eigenvalue weighted by atomic mass is 10.1. The summed E-state index contributed by atoms with van der Waals surface area (Å²) in [7, 11) is 0. The molecule has 0 saturated carbocycles. The van der Waals surface area contributed by atoms with Crippen LogP contribution in [0.5, 0.6) is 23.3 Å². The molecule has 0 unspecified atom stereocenters. The first-order valence-electron chi connectivity index (χ1n) is 9.37. The van der Waals surface area contributed by atoms with Crippen molar-refractivity contribution >= 4 is 27.4 Å². The van der Waals surface area contributed by atoms with Crippen LogP contribution in [0.3, 0.4) is 0 Å². The number of para-hydroxylation sites is 1. The maximum absolute atomic E-state index is 11.9. The SMILES string of the molecule is O=[N+]([O-])c1c(Oc2cccc3ccccc23)ncnc1Oc1cccc2cccnc12. The summed E-state index contributed by atoms with van der Waals surface area (Å²) in [6, 6.07) is 22.0. The van der Waals surface area contributed by atoms with Crippen LogP contribution < -0.4 is 9.47 Å². The second-order valence-electron chi connectivity index (χ2n) is 6.60. The molecule has 0 saturated heterocycles. The third-order valence-electron chi connectivity index (χ3n) is 4.70. The minimum absolute atomic E-state index is 0.209. The molecular formula is C23H14N4O4. The number of nitro groups is 1. The molecule has 0 spiro atoms. The van der Waals surface area contributed by atoms with Crippen molar-refractivity contribution < 1.29 is 14.4 Å². The van der Waals surface area contributed by atoms with E-state index < -0.39 is 10.6 Å². The molecule has 8 nitrogen and oxygen atoms in total. The van der Waals surface area contributed by atoms with Gasteiger partial charge < -0.3 is 9.47 Å². The van der Waals surface area contributed by atoms with E-state index in [2.05, 4.69) is 15.0 Å². The van der Waals surface area contributed by atoms with Crippen molar-refractivity contribution in [3.8, 4) is 23.3 Å². The standard InChI is InChI=1S/C23H14N4O4/c28-27(29)21-22(30-18-11-3-7-15-6-1-2-10-17(15)18)25-14-26-23(21)31-19-12-4-8-16-9-5-13-24-20(16)19/h1-14H. The molecule has 31 heavy (non-hydrogen) atoms. The normalized spacial score (nSPS) is 10.8. The number of aromatic nitrogens is 3. The lowest BCUT2D eigenvalue weighted by molar-refractivity contribution is -0.387. The number of nitrogens with zero attached hydrogens (tertiary/aromatic N) is 4. The van der Waals surface area contributed by atoms with Crippen LogP contribution in [-0.2, 0) is 0 Å². The fraction of sp³-hybridized carbons (Fsp3) is 0. The molecule has 150 valence electrons. The largest absolute Gasteiger partial charge is 0.433 e. The van der Waals surface area contributed by atoms with Crippen molar-refractivity contribution in [3.05, 3.63) is 95.4 Å². The van der Waals surface area contributed by atoms with Gasteiger partial charge in [-0.25, -0.2) is 0 Å². The number of rotatable bonds is 5. The fourth-order valence-corrected chi connectivity index (χ4v) is 3.30. The zero-order valence-electron chi connectivity index (χ0n) is 16.0. The molecule has 0 bridgehead atoms. The van der Waals surface area contributed by atoms with E-state index in [4.69, 9.17) is 9.47 Å². The number of benzene rings is 3. The van der Waals surface area contributed by atoms with Gasteiger partial charge in [0, 0.05) is 17.0 Å². The highest BCUT2D eigenvalue weighted by Gasteiger charge is 2.28. The lowest BCUT2D eigenvalue weighted by Gasteiger charge is -2.11. The Hall–Kier alpha value is -4.59. The first-order chi connectivity index (χ1) is 15.2. The van der Waals surface area contributed by atoms with Crippen molar-refractivity contribution in [1.82, 2.24) is 15.0 Å². The van der Waals surface area contributed by atoms with E-state index in [1.165, 1.54) is 6.33 Å². The predicted molar refractivity (Wildman–Crippen MR) is 115 cm³/mol. The van der Waals surface area contributed by atoms with Crippen LogP contribution in [-0.4, -0.2) is 19.9 Å². The molecule has 3 aromatic carbocycles. The quantitative estimate of drug-likeness (QED) is 0.272. The highest BCUT2D eigenvalue weighted by molar-refractivity contribution is 5.88. The Kier molecular flexibility index (Phi) is 4.57. The molecule has 0 aliphatic rings. The van der Waals surface area contributed by atoms with Gasteiger partial charge in [0.25, 0.3) is 0 Å². The van der Waals surface area contributed by atoms with Crippen molar-refractivity contribution in [2.75, 3.05) is 0 Å². The van der Waals surface area contributed by atoms with Crippen LogP contribution in [0, 0.1) is 10.1 Å². The van der Waals surface area contributed by atoms with Crippen molar-refractivity contribution in [2.24, 2.45) is 0 Å². The highest BCUT2D eigenvalue weighted by atomic mass is 16.6. The van der Waals surface area contributed by atoms with Crippen molar-refractivity contribution in [3.63, 3.8) is 0 Å². The molecule has 0 aliphatic carbocycles. The Labute approximate surface area is 175 Å². The second-order valence-corrected chi connectivity index (χ2v) is 6.60. The summed E-state index contributed by atoms with van der Waals surface area (Å²) in [5.74, 6) is 0.349. The van der Waals surface area contributed by atoms with E-state index in [-0.39, 0.29) is 11.8 Å². The lowest BCUT2D eigenvalue weighted by Crippen LogP contribution is -2.01. The Morgan fingerprint density at radius 1 is 0.710 bits per heavy atom. The molecular weight excluding hydrogens is 396 g/mol. The molecule has 5 rings (SSSR count). The molecule has 0 fully saturated rings. The molecule has 0 atom stereocenters. The first-order valence-corrected chi connectivity index (χ1v) is 9.37. The third-order valence-corrected chi connectivity index (χ3v) is 4.70. The van der Waals surface area contributed by atoms with Gasteiger partial charge in [0.1, 0.15) is 17.6 Å². The summed E-state index contributed by atoms with van der Waals surface area (Å²) in [5.41, 5.74) is 0.0952. The Bertz CT molecular complexity index is 1330. The minimum Gasteiger partial charge on any atom is -0.433 e. The van der Waals surface area contributed by atoms with Crippen molar-refractivity contribution in [1.29, 1.82) is 0 Å². The highest BCUT2D eigenvalue weighted by Crippen LogP contribution is 2.40. The Morgan fingerprint density at radius 2 is 1.35 bits per heavy atom. The summed E-state index contributed by atoms with van der Waals surface area (Å²) >= 11 is 0. The topological polar surface area (TPSA) is 100 Å². The first kappa shape index (κ1) is 18.4. The van der Waals surface area contributed by atoms with Gasteiger partial charge in [-0.15, -0.1) is 0 Å². The van der Waals surface area contributed by atoms with Crippen molar-refractivity contribution in [2.45, 2.75) is 0 Å². The average Bonchev–Trinajstić information content (AvgIpc) is 2.79. The number of hydrogen-bond donors (Lipinski definition) is 0. The Morgan fingerprint density at radius 3 is 2.16 bits per heavy atom. The monoisotopic (exact) mass is 410 g/mol. The van der Waals surface area contributed by atoms with Crippen LogP contribution in [0.4, 0.5) is 5.69 Å². The van der Waals surface area contributed by atoms with Crippen LogP contribution >= 0.6 is 0 Å². The fourth-order valence-electron chi connectivity index (χ4n) is 3.30. The summed E-state index contributed by atoms with van der Waals surface area (Å²) in [6.45, 7) is 0. The smallest absolute Gasteiger partial charge is 0.393 e. The molecule has 2 aromatic heterocycles.